The van der Waals surface area contributed by atoms with Crippen LogP contribution in [-0.4, -0.2) is 53.5 Å². The second-order valence-corrected chi connectivity index (χ2v) is 19.1. The van der Waals surface area contributed by atoms with Crippen LogP contribution in [0.1, 0.15) is 157 Å². The fourth-order valence-corrected chi connectivity index (χ4v) is 11.8. The fourth-order valence-electron chi connectivity index (χ4n) is 11.8. The average molecular weight is 771 g/mol. The maximum Gasteiger partial charge on any atom is 0.339 e. The average Bonchev–Trinajstić information content (AvgIpc) is 3.63. The van der Waals surface area contributed by atoms with Gasteiger partial charge < -0.3 is 20.3 Å². The van der Waals surface area contributed by atoms with Crippen molar-refractivity contribution in [1.82, 2.24) is 10.6 Å². The molecule has 10 nitrogen and oxygen atoms in total. The van der Waals surface area contributed by atoms with Crippen molar-refractivity contribution < 1.29 is 38.9 Å². The molecule has 4 bridgehead atoms. The minimum Gasteiger partial charge on any atom is -0.459 e. The van der Waals surface area contributed by atoms with Gasteiger partial charge in [0.15, 0.2) is 0 Å². The number of benzene rings is 2. The van der Waals surface area contributed by atoms with Crippen LogP contribution in [0.3, 0.4) is 0 Å². The molecule has 8 atom stereocenters. The van der Waals surface area contributed by atoms with Gasteiger partial charge in [-0.3, -0.25) is 19.2 Å². The minimum atomic E-state index is -0.690. The first-order chi connectivity index (χ1) is 26.3. The van der Waals surface area contributed by atoms with Crippen LogP contribution in [0.4, 0.5) is 0 Å². The molecule has 2 amide bonds. The maximum absolute atomic E-state index is 13.4. The third kappa shape index (κ3) is 7.20. The summed E-state index contributed by atoms with van der Waals surface area (Å²) < 4.78 is 5.73. The molecule has 6 aliphatic rings. The molecule has 0 aromatic heterocycles. The molecule has 5 aliphatic carbocycles. The number of amides is 2. The van der Waals surface area contributed by atoms with Crippen molar-refractivity contribution in [2.75, 3.05) is 13.1 Å². The van der Waals surface area contributed by atoms with Gasteiger partial charge in [-0.05, 0) is 116 Å². The van der Waals surface area contributed by atoms with E-state index in [1.165, 1.54) is 22.3 Å². The Labute approximate surface area is 332 Å². The van der Waals surface area contributed by atoms with Crippen molar-refractivity contribution >= 4 is 29.5 Å². The Morgan fingerprint density at radius 3 is 1.71 bits per heavy atom. The molecule has 0 radical (unpaired) electrons. The summed E-state index contributed by atoms with van der Waals surface area (Å²) in [6.07, 6.45) is 6.43. The molecule has 1 aliphatic heterocycles. The Kier molecular flexibility index (Phi) is 11.4. The Morgan fingerprint density at radius 1 is 0.786 bits per heavy atom. The zero-order valence-corrected chi connectivity index (χ0v) is 34.8. The summed E-state index contributed by atoms with van der Waals surface area (Å²) in [5.41, 5.74) is 6.18. The normalized spacial score (nSPS) is 32.7. The molecular formula is C46H62N2O8. The van der Waals surface area contributed by atoms with E-state index in [1.807, 2.05) is 6.92 Å². The van der Waals surface area contributed by atoms with Crippen LogP contribution in [0.2, 0.25) is 0 Å². The van der Waals surface area contributed by atoms with Crippen LogP contribution in [-0.2, 0) is 33.6 Å². The number of Topliss-reactive ketones (excluding diaryl/α,β-unsaturated/α-hetero) is 1. The van der Waals surface area contributed by atoms with Crippen LogP contribution < -0.4 is 10.6 Å². The number of aryl methyl sites for hydroxylation is 2. The van der Waals surface area contributed by atoms with Gasteiger partial charge in [0, 0.05) is 42.7 Å². The minimum absolute atomic E-state index is 0.0794. The van der Waals surface area contributed by atoms with E-state index in [9.17, 15) is 24.0 Å². The van der Waals surface area contributed by atoms with E-state index in [2.05, 4.69) is 100 Å². The molecule has 2 aromatic carbocycles. The van der Waals surface area contributed by atoms with Crippen LogP contribution in [0.25, 0.3) is 0 Å². The van der Waals surface area contributed by atoms with Crippen molar-refractivity contribution in [3.05, 3.63) is 69.8 Å². The van der Waals surface area contributed by atoms with E-state index in [1.54, 1.807) is 0 Å². The second kappa shape index (κ2) is 15.4. The zero-order chi connectivity index (χ0) is 41.0. The number of fused-ring (bicyclic) bond motifs is 6. The fraction of sp³-hybridized carbons (Fsp3) is 0.630. The molecule has 2 aromatic rings. The molecule has 3 saturated carbocycles. The van der Waals surface area contributed by atoms with Gasteiger partial charge >= 0.3 is 11.9 Å². The Bertz CT molecular complexity index is 1900. The van der Waals surface area contributed by atoms with Gasteiger partial charge in [0.1, 0.15) is 11.4 Å². The first kappa shape index (κ1) is 41.6. The van der Waals surface area contributed by atoms with Gasteiger partial charge in [0.05, 0.1) is 18.3 Å². The molecule has 304 valence electrons. The topological polar surface area (TPSA) is 148 Å². The van der Waals surface area contributed by atoms with Crippen molar-refractivity contribution in [3.8, 4) is 0 Å². The lowest BCUT2D eigenvalue weighted by molar-refractivity contribution is -0.231. The number of ether oxygens (including phenoxy) is 1. The third-order valence-electron chi connectivity index (χ3n) is 14.0. The lowest BCUT2D eigenvalue weighted by Crippen LogP contribution is -2.54. The highest BCUT2D eigenvalue weighted by atomic mass is 17.1. The molecular weight excluding hydrogens is 709 g/mol. The summed E-state index contributed by atoms with van der Waals surface area (Å²) in [5, 5.41) is 13.6. The van der Waals surface area contributed by atoms with Crippen molar-refractivity contribution in [1.29, 1.82) is 0 Å². The van der Waals surface area contributed by atoms with Crippen LogP contribution in [0.5, 0.6) is 0 Å². The monoisotopic (exact) mass is 770 g/mol. The number of carbonyl (C=O) groups is 5. The second-order valence-electron chi connectivity index (χ2n) is 19.1. The summed E-state index contributed by atoms with van der Waals surface area (Å²) in [7, 11) is 0. The third-order valence-corrected chi connectivity index (χ3v) is 14.0. The first-order valence-corrected chi connectivity index (χ1v) is 20.6. The van der Waals surface area contributed by atoms with Gasteiger partial charge in [0.2, 0.25) is 11.8 Å². The Balaban J connectivity index is 0.000000170. The number of esters is 1. The summed E-state index contributed by atoms with van der Waals surface area (Å²) >= 11 is 0. The van der Waals surface area contributed by atoms with E-state index < -0.39 is 11.6 Å². The van der Waals surface area contributed by atoms with E-state index in [-0.39, 0.29) is 51.8 Å². The molecule has 0 unspecified atom stereocenters. The summed E-state index contributed by atoms with van der Waals surface area (Å²) in [6.45, 7) is 19.3. The number of rotatable bonds is 6. The highest BCUT2D eigenvalue weighted by molar-refractivity contribution is 5.94. The molecule has 3 N–H and O–H groups in total. The lowest BCUT2D eigenvalue weighted by Gasteiger charge is -2.53. The molecule has 1 saturated heterocycles. The van der Waals surface area contributed by atoms with E-state index in [0.717, 1.165) is 56.6 Å². The zero-order valence-electron chi connectivity index (χ0n) is 34.8. The first-order valence-electron chi connectivity index (χ1n) is 20.6. The quantitative estimate of drug-likeness (QED) is 0.152. The van der Waals surface area contributed by atoms with E-state index >= 15 is 0 Å². The lowest BCUT2D eigenvalue weighted by atomic mass is 9.56. The van der Waals surface area contributed by atoms with Crippen LogP contribution in [0.15, 0.2) is 36.4 Å². The number of ketones is 1. The van der Waals surface area contributed by atoms with Crippen LogP contribution in [0, 0.1) is 41.9 Å². The SMILES string of the molecule is CC(=O)OO.Cc1cccc2c1[C@H](C(=O)NCC(C)C)[C@@]13CC(=O)O[C@](C)(CC[C@@H]21)C3.Cc1cccc2c1[C@H](C(=O)NCC(C)C)[C@@]13CC(=O)[C@@](C)(CC[C@@H]21)C3. The van der Waals surface area contributed by atoms with E-state index in [4.69, 9.17) is 9.99 Å². The maximum atomic E-state index is 13.4. The molecule has 1 heterocycles. The summed E-state index contributed by atoms with van der Waals surface area (Å²) in [6, 6.07) is 12.8. The number of hydrogen-bond acceptors (Lipinski definition) is 8. The molecule has 2 spiro atoms. The van der Waals surface area contributed by atoms with Gasteiger partial charge in [-0.15, -0.1) is 0 Å². The van der Waals surface area contributed by atoms with Gasteiger partial charge in [-0.1, -0.05) is 71.0 Å². The highest BCUT2D eigenvalue weighted by Gasteiger charge is 2.67. The smallest absolute Gasteiger partial charge is 0.339 e. The van der Waals surface area contributed by atoms with Crippen LogP contribution >= 0.6 is 0 Å². The Morgan fingerprint density at radius 2 is 1.25 bits per heavy atom. The van der Waals surface area contributed by atoms with Crippen molar-refractivity contribution in [2.45, 2.75) is 143 Å². The standard InChI is InChI=1S/C22H29NO3.C22H29NO2.C2H4O3/c1-13(2)11-23-20(25)19-18-14(3)6-5-7-15(18)16-8-9-21(4)12-22(16,19)10-17(24)26-21;1-13(2)11-23-20(25)19-18-14(3)6-5-7-15(18)16-8-9-21(4)12-22(16,19)10-17(21)24;1-2(3)5-4/h5-7,13,16,19H,8-12H2,1-4H3,(H,23,25);5-7,13,16,19H,8-12H2,1-4H3,(H,23,25);4H,1H3/t16-,19+,21+,22+;16-,19+,21-,22+;/m00./s1. The molecule has 56 heavy (non-hydrogen) atoms. The van der Waals surface area contributed by atoms with Gasteiger partial charge in [-0.2, -0.15) is 5.26 Å². The number of carbonyl (C=O) groups excluding carboxylic acids is 5. The van der Waals surface area contributed by atoms with Crippen molar-refractivity contribution in [3.63, 3.8) is 0 Å². The largest absolute Gasteiger partial charge is 0.459 e. The van der Waals surface area contributed by atoms with Gasteiger partial charge in [0.25, 0.3) is 0 Å². The Hall–Kier alpha value is -4.05. The summed E-state index contributed by atoms with van der Waals surface area (Å²) in [5.74, 6) is 0.789. The molecule has 10 heteroatoms. The molecule has 4 fully saturated rings. The number of hydrogen-bond donors (Lipinski definition) is 3. The predicted molar refractivity (Wildman–Crippen MR) is 213 cm³/mol. The number of nitrogens with one attached hydrogen (secondary N) is 2. The van der Waals surface area contributed by atoms with Crippen molar-refractivity contribution in [2.24, 2.45) is 28.1 Å². The van der Waals surface area contributed by atoms with Gasteiger partial charge in [-0.25, -0.2) is 4.79 Å². The predicted octanol–water partition coefficient (Wildman–Crippen LogP) is 7.94. The van der Waals surface area contributed by atoms with E-state index in [0.29, 0.717) is 49.5 Å². The summed E-state index contributed by atoms with van der Waals surface area (Å²) in [4.78, 5) is 64.5. The highest BCUT2D eigenvalue weighted by Crippen LogP contribution is 2.72. The molecule has 8 rings (SSSR count).